The van der Waals surface area contributed by atoms with E-state index in [0.717, 1.165) is 7.25 Å². The van der Waals surface area contributed by atoms with Gasteiger partial charge in [0.1, 0.15) is 0 Å². The van der Waals surface area contributed by atoms with Gasteiger partial charge in [-0.3, -0.25) is 0 Å². The number of fused-ring (bicyclic) bond motifs is 2. The van der Waals surface area contributed by atoms with Gasteiger partial charge in [0.05, 0.1) is 0 Å². The van der Waals surface area contributed by atoms with E-state index in [-0.39, 0.29) is 12.4 Å². The Kier molecular flexibility index (Phi) is 7.02. The summed E-state index contributed by atoms with van der Waals surface area (Å²) in [7, 11) is 0. The molecule has 0 spiro atoms. The van der Waals surface area contributed by atoms with Gasteiger partial charge in [0.25, 0.3) is 0 Å². The van der Waals surface area contributed by atoms with Crippen LogP contribution >= 0.6 is 0 Å². The molecule has 4 rings (SSSR count). The third-order valence-electron chi connectivity index (χ3n) is 4.81. The average molecular weight is 414 g/mol. The molecule has 2 unspecified atom stereocenters. The van der Waals surface area contributed by atoms with E-state index in [0.29, 0.717) is 0 Å². The molecular formula is C22H23ClZr. The summed E-state index contributed by atoms with van der Waals surface area (Å²) >= 11 is -1.63. The zero-order valence-corrected chi connectivity index (χ0v) is 17.3. The summed E-state index contributed by atoms with van der Waals surface area (Å²) in [4.78, 5) is 0. The average Bonchev–Trinajstić information content (AvgIpc) is 3.23. The van der Waals surface area contributed by atoms with Crippen LogP contribution in [0, 0.1) is 0 Å². The third-order valence-corrected chi connectivity index (χ3v) is 13.2. The van der Waals surface area contributed by atoms with Crippen molar-refractivity contribution in [3.63, 3.8) is 0 Å². The fraction of sp³-hybridized carbons (Fsp3) is 0.182. The van der Waals surface area contributed by atoms with Gasteiger partial charge in [-0.25, -0.2) is 0 Å². The van der Waals surface area contributed by atoms with Crippen LogP contribution in [0.5, 0.6) is 0 Å². The summed E-state index contributed by atoms with van der Waals surface area (Å²) in [6.07, 6.45) is 9.69. The van der Waals surface area contributed by atoms with Crippen molar-refractivity contribution in [1.82, 2.24) is 0 Å². The second-order valence-electron chi connectivity index (χ2n) is 5.86. The molecule has 2 atom stereocenters. The summed E-state index contributed by atoms with van der Waals surface area (Å²) in [5.41, 5.74) is 6.08. The molecule has 0 saturated heterocycles. The number of benzene rings is 2. The zero-order chi connectivity index (χ0) is 16.2. The molecule has 2 aromatic carbocycles. The molecule has 0 aliphatic heterocycles. The number of halogens is 1. The molecule has 0 nitrogen and oxygen atoms in total. The first kappa shape index (κ1) is 19.2. The maximum atomic E-state index is 3.00. The molecule has 2 aliphatic rings. The van der Waals surface area contributed by atoms with Crippen LogP contribution in [-0.4, -0.2) is 0 Å². The second kappa shape index (κ2) is 8.79. The minimum atomic E-state index is -1.63. The minimum absolute atomic E-state index is 0. The van der Waals surface area contributed by atoms with E-state index in [2.05, 4.69) is 92.9 Å². The van der Waals surface area contributed by atoms with Crippen LogP contribution in [0.15, 0.2) is 73.8 Å². The van der Waals surface area contributed by atoms with Crippen LogP contribution in [0.25, 0.3) is 12.2 Å². The van der Waals surface area contributed by atoms with Gasteiger partial charge in [-0.15, -0.1) is 13.2 Å². The van der Waals surface area contributed by atoms with E-state index in [1.165, 1.54) is 15.3 Å². The quantitative estimate of drug-likeness (QED) is 0.676. The molecule has 0 bridgehead atoms. The maximum absolute atomic E-state index is 3.00. The fourth-order valence-electron chi connectivity index (χ4n) is 3.78. The molecule has 0 N–H and O–H groups in total. The first-order valence-corrected chi connectivity index (χ1v) is 12.9. The Morgan fingerprint density at radius 2 is 1.21 bits per heavy atom. The number of hydrogen-bond acceptors (Lipinski definition) is 0. The predicted octanol–water partition coefficient (Wildman–Crippen LogP) is 3.39. The first-order chi connectivity index (χ1) is 11.4. The van der Waals surface area contributed by atoms with Gasteiger partial charge in [0, 0.05) is 0 Å². The van der Waals surface area contributed by atoms with E-state index < -0.39 is 21.8 Å². The van der Waals surface area contributed by atoms with E-state index in [9.17, 15) is 0 Å². The van der Waals surface area contributed by atoms with Gasteiger partial charge in [-0.2, -0.15) is 0 Å². The Morgan fingerprint density at radius 1 is 0.792 bits per heavy atom. The van der Waals surface area contributed by atoms with Crippen LogP contribution in [-0.2, 0) is 21.8 Å². The smallest absolute Gasteiger partial charge is 1.00 e. The molecule has 0 heterocycles. The van der Waals surface area contributed by atoms with Crippen molar-refractivity contribution in [3.05, 3.63) is 96.1 Å². The monoisotopic (exact) mass is 412 g/mol. The van der Waals surface area contributed by atoms with Crippen molar-refractivity contribution >= 4 is 12.2 Å². The van der Waals surface area contributed by atoms with Crippen LogP contribution in [0.3, 0.4) is 0 Å². The standard InChI is InChI=1S/2C9H7.C2H5.C2H4.ClH.Zr/c2*1-2-5-9-7-3-6-8(9)4-1;2*1-2;;/h2*1-7H;1H2,2H3;1-2H2;1H;/q;;;;;+1/p-1. The van der Waals surface area contributed by atoms with Gasteiger partial charge >= 0.3 is 135 Å². The van der Waals surface area contributed by atoms with Crippen LogP contribution in [0.4, 0.5) is 0 Å². The predicted molar refractivity (Wildman–Crippen MR) is 98.2 cm³/mol. The first-order valence-electron chi connectivity index (χ1n) is 8.28. The molecule has 0 radical (unpaired) electrons. The molecule has 122 valence electrons. The normalized spacial score (nSPS) is 18.9. The largest absolute Gasteiger partial charge is 1.00 e. The Labute approximate surface area is 160 Å². The van der Waals surface area contributed by atoms with Crippen LogP contribution in [0.2, 0.25) is 4.13 Å². The molecule has 2 aromatic rings. The molecule has 2 aliphatic carbocycles. The molecule has 0 saturated carbocycles. The Balaban J connectivity index is 0.000000670. The summed E-state index contributed by atoms with van der Waals surface area (Å²) < 4.78 is 2.89. The van der Waals surface area contributed by atoms with Gasteiger partial charge in [0.2, 0.25) is 0 Å². The minimum Gasteiger partial charge on any atom is -1.00 e. The Morgan fingerprint density at radius 3 is 1.62 bits per heavy atom. The molecule has 0 fully saturated rings. The van der Waals surface area contributed by atoms with Gasteiger partial charge in [-0.05, 0) is 0 Å². The number of allylic oxidation sites excluding steroid dienone is 2. The second-order valence-corrected chi connectivity index (χ2v) is 13.5. The summed E-state index contributed by atoms with van der Waals surface area (Å²) in [6, 6.07) is 17.9. The Bertz CT molecular complexity index is 686. The van der Waals surface area contributed by atoms with E-state index in [1.54, 1.807) is 11.1 Å². The van der Waals surface area contributed by atoms with Gasteiger partial charge < -0.3 is 12.4 Å². The van der Waals surface area contributed by atoms with Crippen molar-refractivity contribution in [3.8, 4) is 0 Å². The number of hydrogen-bond donors (Lipinski definition) is 0. The van der Waals surface area contributed by atoms with Gasteiger partial charge in [0.15, 0.2) is 0 Å². The van der Waals surface area contributed by atoms with Crippen LogP contribution in [0.1, 0.15) is 36.4 Å². The summed E-state index contributed by atoms with van der Waals surface area (Å²) in [5, 5.41) is 0. The third kappa shape index (κ3) is 3.44. The van der Waals surface area contributed by atoms with E-state index >= 15 is 0 Å². The maximum Gasteiger partial charge on any atom is -1.00 e. The van der Waals surface area contributed by atoms with Crippen molar-refractivity contribution in [2.45, 2.75) is 18.3 Å². The van der Waals surface area contributed by atoms with Gasteiger partial charge in [-0.1, -0.05) is 0 Å². The summed E-state index contributed by atoms with van der Waals surface area (Å²) in [5.74, 6) is 0. The topological polar surface area (TPSA) is 0 Å². The SMILES string of the molecule is C=C.C[CH2][Zr+]([CH]1C=Cc2ccccc21)[CH]1C=Cc2ccccc21.[Cl-]. The molecule has 0 amide bonds. The Hall–Kier alpha value is -1.17. The molecule has 24 heavy (non-hydrogen) atoms. The zero-order valence-electron chi connectivity index (χ0n) is 14.1. The van der Waals surface area contributed by atoms with Crippen molar-refractivity contribution in [2.75, 3.05) is 0 Å². The fourth-order valence-corrected chi connectivity index (χ4v) is 11.8. The summed E-state index contributed by atoms with van der Waals surface area (Å²) in [6.45, 7) is 8.41. The van der Waals surface area contributed by atoms with E-state index in [4.69, 9.17) is 0 Å². The van der Waals surface area contributed by atoms with Crippen molar-refractivity contribution in [2.24, 2.45) is 0 Å². The van der Waals surface area contributed by atoms with Crippen molar-refractivity contribution in [1.29, 1.82) is 0 Å². The molecular weight excluding hydrogens is 391 g/mol. The number of rotatable bonds is 3. The van der Waals surface area contributed by atoms with E-state index in [1.807, 2.05) is 0 Å². The van der Waals surface area contributed by atoms with Crippen LogP contribution < -0.4 is 12.4 Å². The molecule has 2 heteroatoms. The molecule has 0 aromatic heterocycles. The van der Waals surface area contributed by atoms with Crippen molar-refractivity contribution < 1.29 is 34.2 Å².